The Morgan fingerprint density at radius 2 is 2.35 bits per heavy atom. The maximum Gasteiger partial charge on any atom is 0.253 e. The number of nitrogens with zero attached hydrogens (tertiary/aromatic N) is 1. The minimum absolute atomic E-state index is 0.0369. The van der Waals surface area contributed by atoms with E-state index in [0.717, 1.165) is 17.3 Å². The molecule has 0 spiro atoms. The molecular weight excluding hydrogens is 284 g/mol. The molecule has 0 bridgehead atoms. The molecule has 1 atom stereocenters. The average Bonchev–Trinajstić information content (AvgIpc) is 3.13. The molecule has 1 amide bonds. The molecular formula is C12H15BrN2O2. The van der Waals surface area contributed by atoms with E-state index in [-0.39, 0.29) is 12.5 Å². The van der Waals surface area contributed by atoms with Gasteiger partial charge in [0.25, 0.3) is 5.91 Å². The molecule has 0 aliphatic heterocycles. The second-order valence-electron chi connectivity index (χ2n) is 4.70. The summed E-state index contributed by atoms with van der Waals surface area (Å²) in [6, 6.07) is 1.72. The Labute approximate surface area is 109 Å². The third kappa shape index (κ3) is 2.84. The van der Waals surface area contributed by atoms with Gasteiger partial charge < -0.3 is 10.4 Å². The molecule has 1 fully saturated rings. The summed E-state index contributed by atoms with van der Waals surface area (Å²) < 4.78 is 0.766. The van der Waals surface area contributed by atoms with E-state index in [1.165, 1.54) is 6.20 Å². The Kier molecular flexibility index (Phi) is 3.49. The third-order valence-corrected chi connectivity index (χ3v) is 3.61. The smallest absolute Gasteiger partial charge is 0.253 e. The first-order chi connectivity index (χ1) is 8.05. The van der Waals surface area contributed by atoms with Crippen molar-refractivity contribution in [2.24, 2.45) is 5.92 Å². The highest BCUT2D eigenvalue weighted by atomic mass is 79.9. The van der Waals surface area contributed by atoms with Crippen LogP contribution in [0.3, 0.4) is 0 Å². The lowest BCUT2D eigenvalue weighted by molar-refractivity contribution is 0.0824. The standard InChI is InChI=1S/C12H15BrN2O2/c1-12(7-16,9-2-3-9)15-11(17)8-4-10(13)6-14-5-8/h4-6,9,16H,2-3,7H2,1H3,(H,15,17). The van der Waals surface area contributed by atoms with Crippen molar-refractivity contribution in [3.05, 3.63) is 28.5 Å². The van der Waals surface area contributed by atoms with Gasteiger partial charge in [-0.3, -0.25) is 9.78 Å². The van der Waals surface area contributed by atoms with Crippen LogP contribution in [0.25, 0.3) is 0 Å². The third-order valence-electron chi connectivity index (χ3n) is 3.17. The van der Waals surface area contributed by atoms with E-state index in [9.17, 15) is 9.90 Å². The van der Waals surface area contributed by atoms with Crippen molar-refractivity contribution in [2.45, 2.75) is 25.3 Å². The molecule has 17 heavy (non-hydrogen) atoms. The van der Waals surface area contributed by atoms with Crippen LogP contribution in [0.15, 0.2) is 22.9 Å². The predicted molar refractivity (Wildman–Crippen MR) is 67.6 cm³/mol. The lowest BCUT2D eigenvalue weighted by Crippen LogP contribution is -2.50. The summed E-state index contributed by atoms with van der Waals surface area (Å²) >= 11 is 3.28. The Morgan fingerprint density at radius 3 is 2.88 bits per heavy atom. The van der Waals surface area contributed by atoms with E-state index < -0.39 is 5.54 Å². The van der Waals surface area contributed by atoms with Gasteiger partial charge in [-0.15, -0.1) is 0 Å². The number of carbonyl (C=O) groups is 1. The van der Waals surface area contributed by atoms with Gasteiger partial charge in [0.1, 0.15) is 0 Å². The minimum Gasteiger partial charge on any atom is -0.394 e. The number of rotatable bonds is 4. The van der Waals surface area contributed by atoms with Crippen molar-refractivity contribution in [2.75, 3.05) is 6.61 Å². The molecule has 4 nitrogen and oxygen atoms in total. The van der Waals surface area contributed by atoms with Crippen molar-refractivity contribution in [1.29, 1.82) is 0 Å². The van der Waals surface area contributed by atoms with E-state index in [1.54, 1.807) is 12.3 Å². The summed E-state index contributed by atoms with van der Waals surface area (Å²) in [5.41, 5.74) is -0.0148. The minimum atomic E-state index is -0.514. The lowest BCUT2D eigenvalue weighted by Gasteiger charge is -2.28. The fourth-order valence-electron chi connectivity index (χ4n) is 1.86. The zero-order valence-corrected chi connectivity index (χ0v) is 11.2. The van der Waals surface area contributed by atoms with Crippen LogP contribution >= 0.6 is 15.9 Å². The van der Waals surface area contributed by atoms with Gasteiger partial charge in [-0.25, -0.2) is 0 Å². The summed E-state index contributed by atoms with van der Waals surface area (Å²) in [5.74, 6) is 0.193. The number of amides is 1. The Bertz CT molecular complexity index is 434. The predicted octanol–water partition coefficient (Wildman–Crippen LogP) is 1.73. The molecule has 2 N–H and O–H groups in total. The van der Waals surface area contributed by atoms with E-state index in [0.29, 0.717) is 11.5 Å². The average molecular weight is 299 g/mol. The fourth-order valence-corrected chi connectivity index (χ4v) is 2.22. The van der Waals surface area contributed by atoms with Crippen molar-refractivity contribution < 1.29 is 9.90 Å². The number of carbonyl (C=O) groups excluding carboxylic acids is 1. The second-order valence-corrected chi connectivity index (χ2v) is 5.61. The molecule has 1 aliphatic carbocycles. The van der Waals surface area contributed by atoms with Gasteiger partial charge >= 0.3 is 0 Å². The normalized spacial score (nSPS) is 18.5. The molecule has 1 aromatic heterocycles. The summed E-state index contributed by atoms with van der Waals surface area (Å²) in [4.78, 5) is 16.0. The first-order valence-electron chi connectivity index (χ1n) is 5.59. The zero-order chi connectivity index (χ0) is 12.5. The van der Waals surface area contributed by atoms with E-state index in [2.05, 4.69) is 26.2 Å². The molecule has 0 radical (unpaired) electrons. The first kappa shape index (κ1) is 12.5. The molecule has 1 saturated carbocycles. The molecule has 1 unspecified atom stereocenters. The molecule has 0 aromatic carbocycles. The second kappa shape index (κ2) is 4.74. The van der Waals surface area contributed by atoms with Crippen LogP contribution in [-0.4, -0.2) is 28.1 Å². The number of nitrogens with one attached hydrogen (secondary N) is 1. The quantitative estimate of drug-likeness (QED) is 0.890. The first-order valence-corrected chi connectivity index (χ1v) is 6.38. The van der Waals surface area contributed by atoms with Crippen molar-refractivity contribution >= 4 is 21.8 Å². The van der Waals surface area contributed by atoms with Gasteiger partial charge in [0.05, 0.1) is 17.7 Å². The Morgan fingerprint density at radius 1 is 1.65 bits per heavy atom. The number of aliphatic hydroxyl groups is 1. The molecule has 92 valence electrons. The van der Waals surface area contributed by atoms with Gasteiger partial charge in [-0.2, -0.15) is 0 Å². The van der Waals surface area contributed by atoms with Crippen LogP contribution in [0.4, 0.5) is 0 Å². The van der Waals surface area contributed by atoms with Gasteiger partial charge in [-0.05, 0) is 47.7 Å². The number of pyridine rings is 1. The Balaban J connectivity index is 2.10. The SMILES string of the molecule is CC(CO)(NC(=O)c1cncc(Br)c1)C1CC1. The largest absolute Gasteiger partial charge is 0.394 e. The monoisotopic (exact) mass is 298 g/mol. The van der Waals surface area contributed by atoms with Crippen LogP contribution in [0, 0.1) is 5.92 Å². The van der Waals surface area contributed by atoms with E-state index in [1.807, 2.05) is 6.92 Å². The maximum absolute atomic E-state index is 12.0. The summed E-state index contributed by atoms with van der Waals surface area (Å²) in [5, 5.41) is 12.3. The summed E-state index contributed by atoms with van der Waals surface area (Å²) in [7, 11) is 0. The molecule has 1 aliphatic rings. The molecule has 5 heteroatoms. The maximum atomic E-state index is 12.0. The van der Waals surface area contributed by atoms with Crippen LogP contribution in [0.2, 0.25) is 0 Å². The topological polar surface area (TPSA) is 62.2 Å². The number of aromatic nitrogens is 1. The van der Waals surface area contributed by atoms with Crippen molar-refractivity contribution in [3.63, 3.8) is 0 Å². The molecule has 1 heterocycles. The highest BCUT2D eigenvalue weighted by molar-refractivity contribution is 9.10. The van der Waals surface area contributed by atoms with Crippen LogP contribution in [0.1, 0.15) is 30.1 Å². The van der Waals surface area contributed by atoms with Crippen molar-refractivity contribution in [3.8, 4) is 0 Å². The van der Waals surface area contributed by atoms with Gasteiger partial charge in [-0.1, -0.05) is 0 Å². The molecule has 0 saturated heterocycles. The lowest BCUT2D eigenvalue weighted by atomic mass is 9.96. The number of hydrogen-bond donors (Lipinski definition) is 2. The summed E-state index contributed by atoms with van der Waals surface area (Å²) in [6.45, 7) is 1.85. The van der Waals surface area contributed by atoms with Gasteiger partial charge in [0.15, 0.2) is 0 Å². The van der Waals surface area contributed by atoms with Crippen LogP contribution in [-0.2, 0) is 0 Å². The highest BCUT2D eigenvalue weighted by Crippen LogP contribution is 2.39. The fraction of sp³-hybridized carbons (Fsp3) is 0.500. The van der Waals surface area contributed by atoms with Crippen molar-refractivity contribution in [1.82, 2.24) is 10.3 Å². The van der Waals surface area contributed by atoms with E-state index in [4.69, 9.17) is 0 Å². The summed E-state index contributed by atoms with van der Waals surface area (Å²) in [6.07, 6.45) is 5.27. The molecule has 1 aromatic rings. The highest BCUT2D eigenvalue weighted by Gasteiger charge is 2.42. The number of aliphatic hydroxyl groups excluding tert-OH is 1. The van der Waals surface area contributed by atoms with Crippen LogP contribution in [0.5, 0.6) is 0 Å². The number of halogens is 1. The zero-order valence-electron chi connectivity index (χ0n) is 9.61. The van der Waals surface area contributed by atoms with Crippen LogP contribution < -0.4 is 5.32 Å². The van der Waals surface area contributed by atoms with Gasteiger partial charge in [0, 0.05) is 16.9 Å². The molecule has 2 rings (SSSR count). The number of hydrogen-bond acceptors (Lipinski definition) is 3. The van der Waals surface area contributed by atoms with E-state index >= 15 is 0 Å². The Hall–Kier alpha value is -0.940. The van der Waals surface area contributed by atoms with Gasteiger partial charge in [0.2, 0.25) is 0 Å².